The minimum atomic E-state index is -0.187. The van der Waals surface area contributed by atoms with E-state index < -0.39 is 0 Å². The second-order valence-electron chi connectivity index (χ2n) is 6.16. The van der Waals surface area contributed by atoms with Crippen molar-refractivity contribution in [3.8, 4) is 29.6 Å². The molecular formula is C19H24N4O3. The lowest BCUT2D eigenvalue weighted by Gasteiger charge is -2.17. The molecule has 0 radical (unpaired) electrons. The molecule has 7 nitrogen and oxygen atoms in total. The molecule has 1 aromatic carbocycles. The molecule has 138 valence electrons. The number of aliphatic hydroxyl groups excluding tert-OH is 1. The fraction of sp³-hybridized carbons (Fsp3) is 0.368. The third kappa shape index (κ3) is 4.35. The zero-order valence-electron chi connectivity index (χ0n) is 15.4. The van der Waals surface area contributed by atoms with Gasteiger partial charge in [0, 0.05) is 17.7 Å². The molecule has 0 amide bonds. The molecule has 4 N–H and O–H groups in total. The summed E-state index contributed by atoms with van der Waals surface area (Å²) < 4.78 is 11.3. The summed E-state index contributed by atoms with van der Waals surface area (Å²) in [6.45, 7) is 5.85. The highest BCUT2D eigenvalue weighted by Gasteiger charge is 2.16. The van der Waals surface area contributed by atoms with Crippen molar-refractivity contribution < 1.29 is 14.6 Å². The van der Waals surface area contributed by atoms with Crippen LogP contribution in [0.1, 0.15) is 37.8 Å². The average molecular weight is 356 g/mol. The number of nitrogens with zero attached hydrogens (tertiary/aromatic N) is 2. The molecule has 2 rings (SSSR count). The number of methoxy groups -OCH3 is 1. The number of terminal acetylenes is 1. The van der Waals surface area contributed by atoms with Crippen LogP contribution in [-0.2, 0) is 0 Å². The largest absolute Gasteiger partial charge is 0.495 e. The molecule has 0 aliphatic rings. The summed E-state index contributed by atoms with van der Waals surface area (Å²) >= 11 is 0. The van der Waals surface area contributed by atoms with Crippen LogP contribution in [0.4, 0.5) is 11.8 Å². The van der Waals surface area contributed by atoms with Crippen LogP contribution in [0.15, 0.2) is 18.3 Å². The van der Waals surface area contributed by atoms with Crippen molar-refractivity contribution in [2.45, 2.75) is 32.7 Å². The normalized spacial score (nSPS) is 11.7. The Balaban J connectivity index is 2.37. The zero-order valence-corrected chi connectivity index (χ0v) is 15.4. The number of nitrogens with two attached hydrogens (primary N) is 1. The Kier molecular flexibility index (Phi) is 6.26. The molecule has 2 aromatic rings. The number of rotatable bonds is 7. The minimum Gasteiger partial charge on any atom is -0.495 e. The van der Waals surface area contributed by atoms with Gasteiger partial charge in [0.25, 0.3) is 0 Å². The molecule has 0 spiro atoms. The fourth-order valence-electron chi connectivity index (χ4n) is 2.31. The number of nitrogen functional groups attached to an aromatic ring is 1. The number of hydrogen-bond donors (Lipinski definition) is 3. The van der Waals surface area contributed by atoms with E-state index >= 15 is 0 Å². The van der Waals surface area contributed by atoms with Crippen molar-refractivity contribution in [2.24, 2.45) is 0 Å². The van der Waals surface area contributed by atoms with Gasteiger partial charge in [-0.1, -0.05) is 19.8 Å². The molecule has 0 bridgehead atoms. The van der Waals surface area contributed by atoms with Crippen LogP contribution in [0.5, 0.6) is 17.2 Å². The lowest BCUT2D eigenvalue weighted by atomic mass is 9.99. The highest BCUT2D eigenvalue weighted by Crippen LogP contribution is 2.37. The zero-order chi connectivity index (χ0) is 19.3. The van der Waals surface area contributed by atoms with E-state index in [0.29, 0.717) is 28.8 Å². The first-order valence-electron chi connectivity index (χ1n) is 8.25. The predicted molar refractivity (Wildman–Crippen MR) is 102 cm³/mol. The Morgan fingerprint density at radius 3 is 2.54 bits per heavy atom. The Bertz CT molecular complexity index is 815. The maximum Gasteiger partial charge on any atom is 0.225 e. The van der Waals surface area contributed by atoms with E-state index in [1.54, 1.807) is 20.1 Å². The topological polar surface area (TPSA) is 103 Å². The number of anilines is 2. The Hall–Kier alpha value is -2.98. The highest BCUT2D eigenvalue weighted by molar-refractivity contribution is 5.57. The van der Waals surface area contributed by atoms with Crippen molar-refractivity contribution >= 4 is 11.8 Å². The predicted octanol–water partition coefficient (Wildman–Crippen LogP) is 2.76. The first-order chi connectivity index (χ1) is 12.4. The van der Waals surface area contributed by atoms with Gasteiger partial charge in [0.1, 0.15) is 11.5 Å². The van der Waals surface area contributed by atoms with Crippen molar-refractivity contribution in [1.82, 2.24) is 9.97 Å². The van der Waals surface area contributed by atoms with E-state index in [4.69, 9.17) is 26.7 Å². The van der Waals surface area contributed by atoms with Gasteiger partial charge >= 0.3 is 0 Å². The summed E-state index contributed by atoms with van der Waals surface area (Å²) in [4.78, 5) is 8.33. The van der Waals surface area contributed by atoms with E-state index in [2.05, 4.69) is 21.2 Å². The maximum atomic E-state index is 9.09. The summed E-state index contributed by atoms with van der Waals surface area (Å²) in [5.41, 5.74) is 7.51. The van der Waals surface area contributed by atoms with Crippen LogP contribution in [-0.4, -0.2) is 34.8 Å². The number of aliphatic hydroxyl groups is 1. The van der Waals surface area contributed by atoms with Crippen LogP contribution < -0.4 is 20.5 Å². The molecular weight excluding hydrogens is 332 g/mol. The van der Waals surface area contributed by atoms with Crippen LogP contribution >= 0.6 is 0 Å². The number of aromatic nitrogens is 2. The monoisotopic (exact) mass is 356 g/mol. The van der Waals surface area contributed by atoms with E-state index in [0.717, 1.165) is 5.56 Å². The lowest BCUT2D eigenvalue weighted by Crippen LogP contribution is -2.21. The first-order valence-corrected chi connectivity index (χ1v) is 8.25. The lowest BCUT2D eigenvalue weighted by molar-refractivity contribution is 0.281. The summed E-state index contributed by atoms with van der Waals surface area (Å²) in [5, 5.41) is 12.0. The number of hydrogen-bond acceptors (Lipinski definition) is 7. The Labute approximate surface area is 153 Å². The summed E-state index contributed by atoms with van der Waals surface area (Å²) in [7, 11) is 1.58. The average Bonchev–Trinajstić information content (AvgIpc) is 2.63. The van der Waals surface area contributed by atoms with E-state index in [9.17, 15) is 0 Å². The summed E-state index contributed by atoms with van der Waals surface area (Å²) in [6.07, 6.45) is 7.05. The number of ether oxygens (including phenoxy) is 2. The third-order valence-electron chi connectivity index (χ3n) is 3.76. The van der Waals surface area contributed by atoms with Gasteiger partial charge in [-0.15, -0.1) is 6.42 Å². The standard InChI is InChI=1S/C19H24N4O3/c1-6-13-7-16(14(11(2)3)8-15(13)25-5)26-17-9-21-19(23-18(17)20)22-12(4)10-24/h1,7-9,11-12,24H,10H2,2-5H3,(H3,20,21,22,23). The molecule has 0 saturated carbocycles. The van der Waals surface area contributed by atoms with Crippen molar-refractivity contribution in [1.29, 1.82) is 0 Å². The molecule has 0 saturated heterocycles. The van der Waals surface area contributed by atoms with Gasteiger partial charge in [-0.05, 0) is 18.9 Å². The van der Waals surface area contributed by atoms with Crippen LogP contribution in [0.25, 0.3) is 0 Å². The molecule has 0 aliphatic carbocycles. The van der Waals surface area contributed by atoms with Gasteiger partial charge in [-0.3, -0.25) is 0 Å². The maximum absolute atomic E-state index is 9.09. The molecule has 7 heteroatoms. The molecule has 1 unspecified atom stereocenters. The number of benzene rings is 1. The SMILES string of the molecule is C#Cc1cc(Oc2cnc(NC(C)CO)nc2N)c(C(C)C)cc1OC. The summed E-state index contributed by atoms with van der Waals surface area (Å²) in [6, 6.07) is 3.42. The van der Waals surface area contributed by atoms with Gasteiger partial charge in [-0.25, -0.2) is 4.98 Å². The molecule has 0 aliphatic heterocycles. The van der Waals surface area contributed by atoms with Crippen molar-refractivity contribution in [3.05, 3.63) is 29.5 Å². The molecule has 1 atom stereocenters. The van der Waals surface area contributed by atoms with Gasteiger partial charge in [0.15, 0.2) is 11.6 Å². The smallest absolute Gasteiger partial charge is 0.225 e. The quantitative estimate of drug-likeness (QED) is 0.656. The fourth-order valence-corrected chi connectivity index (χ4v) is 2.31. The second kappa shape index (κ2) is 8.41. The van der Waals surface area contributed by atoms with Crippen LogP contribution in [0, 0.1) is 12.3 Å². The van der Waals surface area contributed by atoms with Crippen LogP contribution in [0.3, 0.4) is 0 Å². The van der Waals surface area contributed by atoms with Gasteiger partial charge in [0.05, 0.1) is 25.5 Å². The van der Waals surface area contributed by atoms with E-state index in [-0.39, 0.29) is 24.4 Å². The number of nitrogens with one attached hydrogen (secondary N) is 1. The van der Waals surface area contributed by atoms with E-state index in [1.165, 1.54) is 6.20 Å². The molecule has 1 aromatic heterocycles. The van der Waals surface area contributed by atoms with Crippen molar-refractivity contribution in [3.63, 3.8) is 0 Å². The van der Waals surface area contributed by atoms with Crippen molar-refractivity contribution in [2.75, 3.05) is 24.8 Å². The van der Waals surface area contributed by atoms with Crippen LogP contribution in [0.2, 0.25) is 0 Å². The first kappa shape index (κ1) is 19.3. The molecule has 1 heterocycles. The van der Waals surface area contributed by atoms with Gasteiger partial charge in [-0.2, -0.15) is 4.98 Å². The highest BCUT2D eigenvalue weighted by atomic mass is 16.5. The van der Waals surface area contributed by atoms with Gasteiger partial charge in [0.2, 0.25) is 5.95 Å². The third-order valence-corrected chi connectivity index (χ3v) is 3.76. The molecule has 26 heavy (non-hydrogen) atoms. The van der Waals surface area contributed by atoms with E-state index in [1.807, 2.05) is 19.9 Å². The second-order valence-corrected chi connectivity index (χ2v) is 6.16. The van der Waals surface area contributed by atoms with Gasteiger partial charge < -0.3 is 25.6 Å². The Morgan fingerprint density at radius 1 is 1.27 bits per heavy atom. The minimum absolute atomic E-state index is 0.0417. The Morgan fingerprint density at radius 2 is 2.00 bits per heavy atom. The molecule has 0 fully saturated rings. The summed E-state index contributed by atoms with van der Waals surface area (Å²) in [5.74, 6) is 4.78.